The lowest BCUT2D eigenvalue weighted by molar-refractivity contribution is -0.138. The Kier molecular flexibility index (Phi) is 8.97. The second-order valence-electron chi connectivity index (χ2n) is 17.1. The van der Waals surface area contributed by atoms with Crippen molar-refractivity contribution in [3.8, 4) is 45.8 Å². The highest BCUT2D eigenvalue weighted by Gasteiger charge is 2.37. The molecule has 4 aromatic heterocycles. The molecule has 0 fully saturated rings. The topological polar surface area (TPSA) is 57.4 Å². The summed E-state index contributed by atoms with van der Waals surface area (Å²) in [6, 6.07) is 53.5. The quantitative estimate of drug-likeness (QED) is 0.165. The summed E-state index contributed by atoms with van der Waals surface area (Å²) in [5.74, 6) is 0. The van der Waals surface area contributed by atoms with E-state index in [4.69, 9.17) is 0 Å². The summed E-state index contributed by atoms with van der Waals surface area (Å²) in [6.45, 7) is 0. The van der Waals surface area contributed by atoms with E-state index in [0.29, 0.717) is 54.8 Å². The van der Waals surface area contributed by atoms with Crippen LogP contribution in [0.3, 0.4) is 0 Å². The fourth-order valence-corrected chi connectivity index (χ4v) is 13.0. The molecule has 0 unspecified atom stereocenters. The third kappa shape index (κ3) is 5.94. The molecular formula is C58H28F6N4S2. The first-order valence-electron chi connectivity index (χ1n) is 22.0. The summed E-state index contributed by atoms with van der Waals surface area (Å²) in [4.78, 5) is 0. The van der Waals surface area contributed by atoms with Gasteiger partial charge in [0.15, 0.2) is 0 Å². The van der Waals surface area contributed by atoms with Crippen molar-refractivity contribution in [2.75, 3.05) is 0 Å². The zero-order chi connectivity index (χ0) is 47.8. The Morgan fingerprint density at radius 2 is 0.771 bits per heavy atom. The fraction of sp³-hybridized carbons (Fsp3) is 0.0345. The van der Waals surface area contributed by atoms with Gasteiger partial charge in [-0.1, -0.05) is 121 Å². The molecule has 0 aliphatic rings. The summed E-state index contributed by atoms with van der Waals surface area (Å²) in [5.41, 5.74) is 1.24. The summed E-state index contributed by atoms with van der Waals surface area (Å²) >= 11 is 3.03. The monoisotopic (exact) mass is 958 g/mol. The van der Waals surface area contributed by atoms with Gasteiger partial charge in [-0.05, 0) is 48.5 Å². The molecule has 0 aliphatic carbocycles. The molecule has 4 heterocycles. The number of hydrogen-bond acceptors (Lipinski definition) is 4. The Labute approximate surface area is 400 Å². The van der Waals surface area contributed by atoms with Crippen LogP contribution in [-0.2, 0) is 12.4 Å². The maximum absolute atomic E-state index is 15.1. The minimum atomic E-state index is -4.77. The number of thiophene rings is 2. The molecule has 0 spiro atoms. The Hall–Kier alpha value is -8.42. The molecule has 13 rings (SSSR count). The highest BCUT2D eigenvalue weighted by Crippen LogP contribution is 2.54. The van der Waals surface area contributed by atoms with Crippen LogP contribution in [0, 0.1) is 22.7 Å². The van der Waals surface area contributed by atoms with Crippen molar-refractivity contribution in [3.05, 3.63) is 192 Å². The molecule has 12 heteroatoms. The number of fused-ring (bicyclic) bond motifs is 12. The van der Waals surface area contributed by atoms with Gasteiger partial charge < -0.3 is 9.13 Å². The minimum absolute atomic E-state index is 0.0324. The van der Waals surface area contributed by atoms with Gasteiger partial charge in [-0.15, -0.1) is 22.7 Å². The number of halogens is 6. The molecule has 4 nitrogen and oxygen atoms in total. The van der Waals surface area contributed by atoms with Gasteiger partial charge in [-0.2, -0.15) is 36.9 Å². The van der Waals surface area contributed by atoms with E-state index in [1.807, 2.05) is 91.0 Å². The molecule has 0 saturated heterocycles. The molecule has 9 aromatic carbocycles. The first kappa shape index (κ1) is 41.7. The van der Waals surface area contributed by atoms with E-state index < -0.39 is 23.5 Å². The number of nitrogens with zero attached hydrogens (tertiary/aromatic N) is 4. The van der Waals surface area contributed by atoms with Crippen LogP contribution in [0.4, 0.5) is 26.3 Å². The summed E-state index contributed by atoms with van der Waals surface area (Å²) in [7, 11) is 0. The normalized spacial score (nSPS) is 12.4. The van der Waals surface area contributed by atoms with Gasteiger partial charge in [0.1, 0.15) is 12.1 Å². The molecule has 334 valence electrons. The Balaban J connectivity index is 1.37. The average Bonchev–Trinajstić information content (AvgIpc) is 4.12. The number of para-hydroxylation sites is 2. The highest BCUT2D eigenvalue weighted by atomic mass is 32.1. The van der Waals surface area contributed by atoms with Crippen LogP contribution in [0.5, 0.6) is 0 Å². The largest absolute Gasteiger partial charge is 0.416 e. The van der Waals surface area contributed by atoms with Gasteiger partial charge >= 0.3 is 12.4 Å². The van der Waals surface area contributed by atoms with E-state index in [1.165, 1.54) is 34.8 Å². The molecule has 0 aliphatic heterocycles. The lowest BCUT2D eigenvalue weighted by Gasteiger charge is -2.26. The lowest BCUT2D eigenvalue weighted by atomic mass is 9.84. The molecule has 0 bridgehead atoms. The van der Waals surface area contributed by atoms with E-state index in [2.05, 4.69) is 12.1 Å². The van der Waals surface area contributed by atoms with Crippen molar-refractivity contribution in [1.29, 1.82) is 10.5 Å². The zero-order valence-electron chi connectivity index (χ0n) is 36.0. The smallest absolute Gasteiger partial charge is 0.306 e. The zero-order valence-corrected chi connectivity index (χ0v) is 37.7. The van der Waals surface area contributed by atoms with E-state index in [-0.39, 0.29) is 33.5 Å². The Morgan fingerprint density at radius 3 is 1.24 bits per heavy atom. The lowest BCUT2D eigenvalue weighted by Crippen LogP contribution is -2.12. The van der Waals surface area contributed by atoms with E-state index in [0.717, 1.165) is 64.6 Å². The maximum atomic E-state index is 15.1. The molecule has 0 saturated carbocycles. The molecule has 0 N–H and O–H groups in total. The Bertz CT molecular complexity index is 4490. The standard InChI is InChI=1S/C58H28F6N4S2/c59-57(60,61)31-23-25-35-33-11-1-5-19-45(33)67(47(35)27-31)53-44(30-66)43(29-65)51(41-17-9-15-39-37-13-3-7-21-49(37)69-55(39)41)52(42-18-10-16-40-38-14-4-8-22-50(38)70-56(40)42)54(53)68-46-20-6-2-12-34(46)36-26-24-32(28-48(36)68)58(62,63)64/h1-28H. The van der Waals surface area contributed by atoms with Crippen LogP contribution in [0.25, 0.3) is 118 Å². The van der Waals surface area contributed by atoms with E-state index >= 15 is 13.2 Å². The predicted octanol–water partition coefficient (Wildman–Crippen LogP) is 17.7. The SMILES string of the molecule is N#Cc1c(C#N)c(-n2c3ccccc3c3ccc(C(F)(F)F)cc32)c(-n2c3ccccc3c3ccc(C(F)(F)F)cc32)c(-c2cccc3c2sc2ccccc23)c1-c1cccc2c1sc1ccccc12. The number of rotatable bonds is 4. The van der Waals surface area contributed by atoms with E-state index in [9.17, 15) is 23.7 Å². The van der Waals surface area contributed by atoms with Crippen LogP contribution in [0.2, 0.25) is 0 Å². The number of nitriles is 2. The number of hydrogen-bond donors (Lipinski definition) is 0. The van der Waals surface area contributed by atoms with Gasteiger partial charge in [-0.3, -0.25) is 0 Å². The number of alkyl halides is 6. The van der Waals surface area contributed by atoms with Gasteiger partial charge in [0.05, 0.1) is 55.7 Å². The van der Waals surface area contributed by atoms with Crippen molar-refractivity contribution in [2.45, 2.75) is 12.4 Å². The molecule has 70 heavy (non-hydrogen) atoms. The third-order valence-electron chi connectivity index (χ3n) is 13.5. The van der Waals surface area contributed by atoms with Crippen molar-refractivity contribution in [2.24, 2.45) is 0 Å². The maximum Gasteiger partial charge on any atom is 0.416 e. The summed E-state index contributed by atoms with van der Waals surface area (Å²) < 4.78 is 96.8. The fourth-order valence-electron chi connectivity index (χ4n) is 10.6. The first-order chi connectivity index (χ1) is 33.9. The van der Waals surface area contributed by atoms with E-state index in [1.54, 1.807) is 51.6 Å². The van der Waals surface area contributed by atoms with Gasteiger partial charge in [-0.25, -0.2) is 0 Å². The van der Waals surface area contributed by atoms with Crippen molar-refractivity contribution >= 4 is 107 Å². The Morgan fingerprint density at radius 1 is 0.371 bits per heavy atom. The van der Waals surface area contributed by atoms with Crippen molar-refractivity contribution in [1.82, 2.24) is 9.13 Å². The van der Waals surface area contributed by atoms with Crippen LogP contribution >= 0.6 is 22.7 Å². The summed E-state index contributed by atoms with van der Waals surface area (Å²) in [5, 5.41) is 29.4. The van der Waals surface area contributed by atoms with Crippen molar-refractivity contribution in [3.63, 3.8) is 0 Å². The molecular weight excluding hydrogens is 931 g/mol. The molecule has 0 radical (unpaired) electrons. The van der Waals surface area contributed by atoms with Gasteiger partial charge in [0, 0.05) is 84.1 Å². The van der Waals surface area contributed by atoms with Gasteiger partial charge in [0.25, 0.3) is 0 Å². The van der Waals surface area contributed by atoms with Crippen LogP contribution in [-0.4, -0.2) is 9.13 Å². The van der Waals surface area contributed by atoms with Crippen molar-refractivity contribution < 1.29 is 26.3 Å². The first-order valence-corrected chi connectivity index (χ1v) is 23.6. The van der Waals surface area contributed by atoms with Crippen LogP contribution < -0.4 is 0 Å². The van der Waals surface area contributed by atoms with Crippen LogP contribution in [0.1, 0.15) is 22.3 Å². The van der Waals surface area contributed by atoms with Crippen LogP contribution in [0.15, 0.2) is 170 Å². The summed E-state index contributed by atoms with van der Waals surface area (Å²) in [6.07, 6.45) is -9.54. The third-order valence-corrected chi connectivity index (χ3v) is 15.9. The average molecular weight is 959 g/mol. The highest BCUT2D eigenvalue weighted by molar-refractivity contribution is 7.26. The second-order valence-corrected chi connectivity index (χ2v) is 19.3. The predicted molar refractivity (Wildman–Crippen MR) is 271 cm³/mol. The number of aromatic nitrogens is 2. The minimum Gasteiger partial charge on any atom is -0.306 e. The molecule has 13 aromatic rings. The number of benzene rings is 9. The molecule has 0 atom stereocenters. The molecule has 0 amide bonds. The second kappa shape index (κ2) is 15.0. The van der Waals surface area contributed by atoms with Gasteiger partial charge in [0.2, 0.25) is 0 Å².